The van der Waals surface area contributed by atoms with Crippen LogP contribution in [0.15, 0.2) is 24.3 Å². The Morgan fingerprint density at radius 2 is 1.85 bits per heavy atom. The normalized spacial score (nSPS) is 11.4. The van der Waals surface area contributed by atoms with E-state index in [0.717, 1.165) is 6.42 Å². The lowest BCUT2D eigenvalue weighted by molar-refractivity contribution is 0.0944. The first-order valence-corrected chi connectivity index (χ1v) is 7.51. The summed E-state index contributed by atoms with van der Waals surface area (Å²) in [7, 11) is 0. The molecule has 0 bridgehead atoms. The van der Waals surface area contributed by atoms with Gasteiger partial charge in [0, 0.05) is 24.6 Å². The highest BCUT2D eigenvalue weighted by molar-refractivity contribution is 6.17. The van der Waals surface area contributed by atoms with E-state index < -0.39 is 0 Å². The van der Waals surface area contributed by atoms with Crippen LogP contribution in [-0.2, 0) is 10.2 Å². The molecule has 0 radical (unpaired) electrons. The van der Waals surface area contributed by atoms with Crippen LogP contribution in [0.25, 0.3) is 0 Å². The van der Waals surface area contributed by atoms with E-state index in [2.05, 4.69) is 26.1 Å². The van der Waals surface area contributed by atoms with Crippen molar-refractivity contribution in [2.75, 3.05) is 25.6 Å². The zero-order valence-corrected chi connectivity index (χ0v) is 13.3. The minimum absolute atomic E-state index is 0.0391. The topological polar surface area (TPSA) is 38.3 Å². The maximum absolute atomic E-state index is 11.9. The number of hydrogen-bond acceptors (Lipinski definition) is 2. The molecule has 1 rings (SSSR count). The third-order valence-electron chi connectivity index (χ3n) is 2.99. The Kier molecular flexibility index (Phi) is 7.03. The zero-order chi connectivity index (χ0) is 15.0. The molecule has 0 saturated carbocycles. The van der Waals surface area contributed by atoms with Crippen LogP contribution in [-0.4, -0.2) is 31.5 Å². The summed E-state index contributed by atoms with van der Waals surface area (Å²) in [5, 5.41) is 2.88. The summed E-state index contributed by atoms with van der Waals surface area (Å²) >= 11 is 5.49. The smallest absolute Gasteiger partial charge is 0.251 e. The molecular weight excluding hydrogens is 274 g/mol. The largest absolute Gasteiger partial charge is 0.380 e. The van der Waals surface area contributed by atoms with Crippen molar-refractivity contribution in [2.45, 2.75) is 32.6 Å². The number of carbonyl (C=O) groups is 1. The Morgan fingerprint density at radius 1 is 1.20 bits per heavy atom. The molecule has 1 aromatic rings. The van der Waals surface area contributed by atoms with Crippen LogP contribution in [0.3, 0.4) is 0 Å². The van der Waals surface area contributed by atoms with Crippen molar-refractivity contribution in [3.8, 4) is 0 Å². The molecule has 0 saturated heterocycles. The van der Waals surface area contributed by atoms with Crippen LogP contribution in [0.5, 0.6) is 0 Å². The van der Waals surface area contributed by atoms with Crippen LogP contribution in [0.1, 0.15) is 43.1 Å². The summed E-state index contributed by atoms with van der Waals surface area (Å²) in [6, 6.07) is 7.77. The first-order valence-electron chi connectivity index (χ1n) is 6.97. The predicted molar refractivity (Wildman–Crippen MR) is 83.6 cm³/mol. The van der Waals surface area contributed by atoms with Gasteiger partial charge in [0.1, 0.15) is 0 Å². The molecule has 0 spiro atoms. The average Bonchev–Trinajstić information content (AvgIpc) is 2.41. The monoisotopic (exact) mass is 297 g/mol. The number of alkyl halides is 1. The summed E-state index contributed by atoms with van der Waals surface area (Å²) in [4.78, 5) is 11.9. The number of ether oxygens (including phenoxy) is 1. The van der Waals surface area contributed by atoms with Crippen LogP contribution >= 0.6 is 11.6 Å². The summed E-state index contributed by atoms with van der Waals surface area (Å²) in [5.41, 5.74) is 2.03. The van der Waals surface area contributed by atoms with Crippen molar-refractivity contribution in [1.29, 1.82) is 0 Å². The van der Waals surface area contributed by atoms with E-state index in [1.165, 1.54) is 5.56 Å². The van der Waals surface area contributed by atoms with Gasteiger partial charge in [-0.15, -0.1) is 11.6 Å². The molecule has 20 heavy (non-hydrogen) atoms. The molecule has 0 aromatic heterocycles. The average molecular weight is 298 g/mol. The van der Waals surface area contributed by atoms with Gasteiger partial charge in [-0.25, -0.2) is 0 Å². The first kappa shape index (κ1) is 17.0. The Hall–Kier alpha value is -1.06. The number of carbonyl (C=O) groups excluding carboxylic acids is 1. The third kappa shape index (κ3) is 5.93. The molecular formula is C16H24ClNO2. The van der Waals surface area contributed by atoms with Crippen LogP contribution in [0.2, 0.25) is 0 Å². The Bertz CT molecular complexity index is 409. The molecule has 0 fully saturated rings. The van der Waals surface area contributed by atoms with Crippen molar-refractivity contribution >= 4 is 17.5 Å². The molecule has 1 N–H and O–H groups in total. The maximum atomic E-state index is 11.9. The summed E-state index contributed by atoms with van der Waals surface area (Å²) in [5.74, 6) is 0.467. The highest BCUT2D eigenvalue weighted by atomic mass is 35.5. The Morgan fingerprint density at radius 3 is 2.40 bits per heavy atom. The van der Waals surface area contributed by atoms with E-state index >= 15 is 0 Å². The molecule has 1 aromatic carbocycles. The predicted octanol–water partition coefficient (Wildman–Crippen LogP) is 3.36. The van der Waals surface area contributed by atoms with Gasteiger partial charge in [-0.2, -0.15) is 0 Å². The van der Waals surface area contributed by atoms with Crippen molar-refractivity contribution in [2.24, 2.45) is 0 Å². The van der Waals surface area contributed by atoms with Gasteiger partial charge in [0.2, 0.25) is 0 Å². The lowest BCUT2D eigenvalue weighted by Gasteiger charge is -2.19. The van der Waals surface area contributed by atoms with Crippen molar-refractivity contribution in [3.05, 3.63) is 35.4 Å². The fourth-order valence-electron chi connectivity index (χ4n) is 1.76. The highest BCUT2D eigenvalue weighted by Crippen LogP contribution is 2.22. The SMILES string of the molecule is CC(C)(C)c1ccc(C(=O)NCCCOCCCl)cc1. The second-order valence-electron chi connectivity index (χ2n) is 5.74. The third-order valence-corrected chi connectivity index (χ3v) is 3.14. The van der Waals surface area contributed by atoms with E-state index in [1.807, 2.05) is 24.3 Å². The lowest BCUT2D eigenvalue weighted by atomic mass is 9.87. The number of halogens is 1. The van der Waals surface area contributed by atoms with Gasteiger partial charge < -0.3 is 10.1 Å². The second kappa shape index (κ2) is 8.28. The molecule has 112 valence electrons. The number of benzene rings is 1. The van der Waals surface area contributed by atoms with E-state index in [0.29, 0.717) is 31.2 Å². The fraction of sp³-hybridized carbons (Fsp3) is 0.562. The number of rotatable bonds is 7. The van der Waals surface area contributed by atoms with Gasteiger partial charge >= 0.3 is 0 Å². The minimum Gasteiger partial charge on any atom is -0.380 e. The van der Waals surface area contributed by atoms with E-state index in [-0.39, 0.29) is 11.3 Å². The minimum atomic E-state index is -0.0391. The number of hydrogen-bond donors (Lipinski definition) is 1. The van der Waals surface area contributed by atoms with E-state index in [9.17, 15) is 4.79 Å². The van der Waals surface area contributed by atoms with Gasteiger partial charge in [-0.05, 0) is 29.5 Å². The summed E-state index contributed by atoms with van der Waals surface area (Å²) in [6.07, 6.45) is 0.794. The van der Waals surface area contributed by atoms with Crippen LogP contribution in [0, 0.1) is 0 Å². The van der Waals surface area contributed by atoms with E-state index in [1.54, 1.807) is 0 Å². The molecule has 0 aliphatic carbocycles. The number of amides is 1. The molecule has 3 nitrogen and oxygen atoms in total. The molecule has 0 aliphatic rings. The van der Waals surface area contributed by atoms with Gasteiger partial charge in [-0.1, -0.05) is 32.9 Å². The molecule has 0 atom stereocenters. The standard InChI is InChI=1S/C16H24ClNO2/c1-16(2,3)14-7-5-13(6-8-14)15(19)18-10-4-11-20-12-9-17/h5-8H,4,9-12H2,1-3H3,(H,18,19). The summed E-state index contributed by atoms with van der Waals surface area (Å²) in [6.45, 7) is 8.26. The molecule has 4 heteroatoms. The Balaban J connectivity index is 2.37. The van der Waals surface area contributed by atoms with Gasteiger partial charge in [0.15, 0.2) is 0 Å². The first-order chi connectivity index (χ1) is 9.45. The van der Waals surface area contributed by atoms with Gasteiger partial charge in [0.25, 0.3) is 5.91 Å². The van der Waals surface area contributed by atoms with Crippen LogP contribution < -0.4 is 5.32 Å². The van der Waals surface area contributed by atoms with Gasteiger partial charge in [-0.3, -0.25) is 4.79 Å². The quantitative estimate of drug-likeness (QED) is 0.619. The lowest BCUT2D eigenvalue weighted by Crippen LogP contribution is -2.25. The number of nitrogens with one attached hydrogen (secondary N) is 1. The second-order valence-corrected chi connectivity index (χ2v) is 6.12. The van der Waals surface area contributed by atoms with Crippen molar-refractivity contribution < 1.29 is 9.53 Å². The molecule has 0 unspecified atom stereocenters. The zero-order valence-electron chi connectivity index (χ0n) is 12.5. The summed E-state index contributed by atoms with van der Waals surface area (Å²) < 4.78 is 5.24. The van der Waals surface area contributed by atoms with E-state index in [4.69, 9.17) is 16.3 Å². The molecule has 0 heterocycles. The maximum Gasteiger partial charge on any atom is 0.251 e. The van der Waals surface area contributed by atoms with Gasteiger partial charge in [0.05, 0.1) is 6.61 Å². The molecule has 1 amide bonds. The Labute approximate surface area is 126 Å². The van der Waals surface area contributed by atoms with Crippen molar-refractivity contribution in [3.63, 3.8) is 0 Å². The highest BCUT2D eigenvalue weighted by Gasteiger charge is 2.14. The van der Waals surface area contributed by atoms with Crippen molar-refractivity contribution in [1.82, 2.24) is 5.32 Å². The van der Waals surface area contributed by atoms with Crippen LogP contribution in [0.4, 0.5) is 0 Å². The molecule has 0 aliphatic heterocycles. The fourth-order valence-corrected chi connectivity index (χ4v) is 1.87.